The van der Waals surface area contributed by atoms with Crippen molar-refractivity contribution in [3.8, 4) is 0 Å². The number of piperidine rings is 1. The highest BCUT2D eigenvalue weighted by atomic mass is 16.7. The van der Waals surface area contributed by atoms with Crippen molar-refractivity contribution in [2.24, 2.45) is 0 Å². The van der Waals surface area contributed by atoms with Crippen molar-refractivity contribution in [2.75, 3.05) is 26.2 Å². The van der Waals surface area contributed by atoms with Crippen LogP contribution in [0, 0.1) is 0 Å². The predicted octanol–water partition coefficient (Wildman–Crippen LogP) is 4.62. The highest BCUT2D eigenvalue weighted by Gasteiger charge is 2.33. The second-order valence-corrected chi connectivity index (χ2v) is 9.19. The number of hydrogen-bond acceptors (Lipinski definition) is 6. The molecule has 2 N–H and O–H groups in total. The maximum atomic E-state index is 11.7. The van der Waals surface area contributed by atoms with Gasteiger partial charge >= 0.3 is 6.09 Å². The van der Waals surface area contributed by atoms with Crippen LogP contribution < -0.4 is 5.32 Å². The Labute approximate surface area is 207 Å². The van der Waals surface area contributed by atoms with E-state index in [0.29, 0.717) is 6.54 Å². The predicted molar refractivity (Wildman–Crippen MR) is 134 cm³/mol. The number of rotatable bonds is 9. The lowest BCUT2D eigenvalue weighted by Crippen LogP contribution is -2.41. The second-order valence-electron chi connectivity index (χ2n) is 9.19. The lowest BCUT2D eigenvalue weighted by Gasteiger charge is -2.39. The number of aliphatic hydroxyl groups excluding tert-OH is 1. The smallest absolute Gasteiger partial charge is 0.407 e. The first-order valence-corrected chi connectivity index (χ1v) is 12.5. The molecule has 0 aliphatic carbocycles. The SMILES string of the molecule is C=CCOC(=O)NCc1ccc(C2OC(CN3CCCCC3)CC(c3ccc(CO)cc3)O2)cc1. The first kappa shape index (κ1) is 25.4. The quantitative estimate of drug-likeness (QED) is 0.510. The number of nitrogens with one attached hydrogen (secondary N) is 1. The average molecular weight is 481 g/mol. The molecule has 2 fully saturated rings. The van der Waals surface area contributed by atoms with Gasteiger partial charge in [-0.1, -0.05) is 67.6 Å². The number of amides is 1. The van der Waals surface area contributed by atoms with E-state index < -0.39 is 12.4 Å². The summed E-state index contributed by atoms with van der Waals surface area (Å²) in [6, 6.07) is 15.9. The second kappa shape index (κ2) is 12.8. The largest absolute Gasteiger partial charge is 0.445 e. The highest BCUT2D eigenvalue weighted by molar-refractivity contribution is 5.67. The summed E-state index contributed by atoms with van der Waals surface area (Å²) in [6.07, 6.45) is 5.16. The molecular formula is C28H36N2O5. The fraction of sp³-hybridized carbons (Fsp3) is 0.464. The summed E-state index contributed by atoms with van der Waals surface area (Å²) < 4.78 is 17.8. The zero-order valence-corrected chi connectivity index (χ0v) is 20.2. The average Bonchev–Trinajstić information content (AvgIpc) is 2.91. The molecule has 188 valence electrons. The molecule has 0 spiro atoms. The topological polar surface area (TPSA) is 80.3 Å². The number of benzene rings is 2. The minimum absolute atomic E-state index is 0.0301. The van der Waals surface area contributed by atoms with Crippen molar-refractivity contribution in [3.63, 3.8) is 0 Å². The number of likely N-dealkylation sites (tertiary alicyclic amines) is 1. The van der Waals surface area contributed by atoms with E-state index in [-0.39, 0.29) is 25.4 Å². The number of ether oxygens (including phenoxy) is 3. The summed E-state index contributed by atoms with van der Waals surface area (Å²) in [7, 11) is 0. The molecule has 2 aromatic carbocycles. The third kappa shape index (κ3) is 7.39. The van der Waals surface area contributed by atoms with Crippen LogP contribution in [0.5, 0.6) is 0 Å². The summed E-state index contributed by atoms with van der Waals surface area (Å²) in [5.41, 5.74) is 3.89. The van der Waals surface area contributed by atoms with Gasteiger partial charge in [0.1, 0.15) is 6.61 Å². The third-order valence-corrected chi connectivity index (χ3v) is 6.55. The zero-order chi connectivity index (χ0) is 24.5. The molecule has 7 nitrogen and oxygen atoms in total. The van der Waals surface area contributed by atoms with Gasteiger partial charge in [0.05, 0.1) is 18.8 Å². The molecule has 7 heteroatoms. The van der Waals surface area contributed by atoms with E-state index in [4.69, 9.17) is 14.2 Å². The normalized spacial score (nSPS) is 22.9. The zero-order valence-electron chi connectivity index (χ0n) is 20.2. The van der Waals surface area contributed by atoms with Gasteiger partial charge < -0.3 is 29.5 Å². The van der Waals surface area contributed by atoms with Gasteiger partial charge in [0.25, 0.3) is 0 Å². The van der Waals surface area contributed by atoms with Gasteiger partial charge in [-0.05, 0) is 42.6 Å². The minimum atomic E-state index is -0.472. The Morgan fingerprint density at radius 1 is 1.03 bits per heavy atom. The molecule has 2 aliphatic heterocycles. The Hall–Kier alpha value is -2.71. The van der Waals surface area contributed by atoms with E-state index in [1.807, 2.05) is 48.5 Å². The maximum Gasteiger partial charge on any atom is 0.407 e. The highest BCUT2D eigenvalue weighted by Crippen LogP contribution is 2.38. The van der Waals surface area contributed by atoms with Crippen molar-refractivity contribution in [3.05, 3.63) is 83.4 Å². The molecule has 2 saturated heterocycles. The van der Waals surface area contributed by atoms with Gasteiger partial charge in [0, 0.05) is 25.1 Å². The Morgan fingerprint density at radius 2 is 1.71 bits per heavy atom. The molecular weight excluding hydrogens is 444 g/mol. The standard InChI is InChI=1S/C28H36N2O5/c1-2-16-33-28(32)29-18-21-6-12-24(13-7-21)27-34-25(19-30-14-4-3-5-15-30)17-26(35-27)23-10-8-22(20-31)9-11-23/h2,6-13,25-27,31H,1,3-5,14-20H2,(H,29,32). The van der Waals surface area contributed by atoms with Crippen LogP contribution >= 0.6 is 0 Å². The van der Waals surface area contributed by atoms with Gasteiger partial charge in [-0.3, -0.25) is 0 Å². The van der Waals surface area contributed by atoms with E-state index in [1.54, 1.807) is 0 Å². The summed E-state index contributed by atoms with van der Waals surface area (Å²) >= 11 is 0. The lowest BCUT2D eigenvalue weighted by atomic mass is 9.99. The van der Waals surface area contributed by atoms with E-state index in [0.717, 1.165) is 48.3 Å². The number of alkyl carbamates (subject to hydrolysis) is 1. The van der Waals surface area contributed by atoms with Crippen molar-refractivity contribution in [1.82, 2.24) is 10.2 Å². The number of hydrogen-bond donors (Lipinski definition) is 2. The minimum Gasteiger partial charge on any atom is -0.445 e. The Bertz CT molecular complexity index is 941. The summed E-state index contributed by atoms with van der Waals surface area (Å²) in [5, 5.41) is 12.1. The molecule has 2 aliphatic rings. The Morgan fingerprint density at radius 3 is 2.40 bits per heavy atom. The monoisotopic (exact) mass is 480 g/mol. The van der Waals surface area contributed by atoms with Crippen LogP contribution in [-0.4, -0.2) is 48.4 Å². The number of carbonyl (C=O) groups excluding carboxylic acids is 1. The van der Waals surface area contributed by atoms with Gasteiger partial charge in [0.2, 0.25) is 0 Å². The van der Waals surface area contributed by atoms with E-state index >= 15 is 0 Å². The van der Waals surface area contributed by atoms with Crippen molar-refractivity contribution in [2.45, 2.75) is 57.3 Å². The fourth-order valence-electron chi connectivity index (χ4n) is 4.62. The molecule has 4 rings (SSSR count). The van der Waals surface area contributed by atoms with Crippen LogP contribution in [-0.2, 0) is 27.4 Å². The van der Waals surface area contributed by atoms with Crippen molar-refractivity contribution < 1.29 is 24.1 Å². The fourth-order valence-corrected chi connectivity index (χ4v) is 4.62. The van der Waals surface area contributed by atoms with E-state index in [9.17, 15) is 9.90 Å². The number of aliphatic hydroxyl groups is 1. The molecule has 35 heavy (non-hydrogen) atoms. The summed E-state index contributed by atoms with van der Waals surface area (Å²) in [5.74, 6) is 0. The molecule has 0 saturated carbocycles. The van der Waals surface area contributed by atoms with Crippen LogP contribution in [0.1, 0.15) is 60.3 Å². The van der Waals surface area contributed by atoms with Crippen molar-refractivity contribution in [1.29, 1.82) is 0 Å². The Balaban J connectivity index is 1.44. The van der Waals surface area contributed by atoms with Crippen LogP contribution in [0.25, 0.3) is 0 Å². The maximum absolute atomic E-state index is 11.7. The number of carbonyl (C=O) groups is 1. The van der Waals surface area contributed by atoms with Crippen LogP contribution in [0.4, 0.5) is 4.79 Å². The summed E-state index contributed by atoms with van der Waals surface area (Å²) in [6.45, 7) is 7.27. The van der Waals surface area contributed by atoms with Gasteiger partial charge in [0.15, 0.2) is 6.29 Å². The van der Waals surface area contributed by atoms with Crippen LogP contribution in [0.2, 0.25) is 0 Å². The molecule has 3 atom stereocenters. The van der Waals surface area contributed by atoms with E-state index in [1.165, 1.54) is 25.3 Å². The van der Waals surface area contributed by atoms with Crippen molar-refractivity contribution >= 4 is 6.09 Å². The van der Waals surface area contributed by atoms with Gasteiger partial charge in [-0.2, -0.15) is 0 Å². The molecule has 0 radical (unpaired) electrons. The number of nitrogens with zero attached hydrogens (tertiary/aromatic N) is 1. The van der Waals surface area contributed by atoms with E-state index in [2.05, 4.69) is 16.8 Å². The first-order chi connectivity index (χ1) is 17.1. The molecule has 0 bridgehead atoms. The first-order valence-electron chi connectivity index (χ1n) is 12.5. The van der Waals surface area contributed by atoms with Gasteiger partial charge in [-0.25, -0.2) is 4.79 Å². The molecule has 1 amide bonds. The molecule has 2 aromatic rings. The van der Waals surface area contributed by atoms with Crippen LogP contribution in [0.15, 0.2) is 61.2 Å². The van der Waals surface area contributed by atoms with Crippen LogP contribution in [0.3, 0.4) is 0 Å². The molecule has 3 unspecified atom stereocenters. The Kier molecular flexibility index (Phi) is 9.31. The molecule has 2 heterocycles. The molecule has 0 aromatic heterocycles. The third-order valence-electron chi connectivity index (χ3n) is 6.55. The van der Waals surface area contributed by atoms with Gasteiger partial charge in [-0.15, -0.1) is 0 Å². The lowest BCUT2D eigenvalue weighted by molar-refractivity contribution is -0.253. The summed E-state index contributed by atoms with van der Waals surface area (Å²) in [4.78, 5) is 14.2.